The monoisotopic (exact) mass is 131 g/mol. The molecule has 1 rings (SSSR count). The molecule has 0 spiro atoms. The van der Waals surface area contributed by atoms with Crippen LogP contribution in [0.15, 0.2) is 0 Å². The Kier molecular flexibility index (Phi) is 2.06. The highest BCUT2D eigenvalue weighted by molar-refractivity contribution is 4.82. The predicted octanol–water partition coefficient (Wildman–Crippen LogP) is 1.20. The molecule has 54 valence electrons. The van der Waals surface area contributed by atoms with Gasteiger partial charge < -0.3 is 5.32 Å². The van der Waals surface area contributed by atoms with Crippen LogP contribution >= 0.6 is 0 Å². The second-order valence-corrected chi connectivity index (χ2v) is 3.08. The number of hydrogen-bond donors (Lipinski definition) is 1. The first-order valence-corrected chi connectivity index (χ1v) is 3.56. The van der Waals surface area contributed by atoms with E-state index < -0.39 is 6.17 Å². The molecule has 0 radical (unpaired) electrons. The van der Waals surface area contributed by atoms with Gasteiger partial charge in [-0.25, -0.2) is 4.39 Å². The number of nitrogens with one attached hydrogen (secondary N) is 1. The summed E-state index contributed by atoms with van der Waals surface area (Å²) in [6.45, 7) is 5.57. The zero-order valence-electron chi connectivity index (χ0n) is 6.02. The van der Waals surface area contributed by atoms with Gasteiger partial charge in [-0.05, 0) is 5.92 Å². The van der Waals surface area contributed by atoms with E-state index in [1.165, 1.54) is 0 Å². The van der Waals surface area contributed by atoms with E-state index in [-0.39, 0.29) is 5.92 Å². The average molecular weight is 131 g/mol. The maximum Gasteiger partial charge on any atom is 0.117 e. The highest BCUT2D eigenvalue weighted by Gasteiger charge is 2.28. The quantitative estimate of drug-likeness (QED) is 0.564. The van der Waals surface area contributed by atoms with E-state index in [9.17, 15) is 4.39 Å². The summed E-state index contributed by atoms with van der Waals surface area (Å²) in [4.78, 5) is 0. The molecule has 1 aliphatic heterocycles. The topological polar surface area (TPSA) is 12.0 Å². The lowest BCUT2D eigenvalue weighted by Crippen LogP contribution is -2.18. The van der Waals surface area contributed by atoms with Crippen LogP contribution in [0, 0.1) is 11.8 Å². The number of hydrogen-bond acceptors (Lipinski definition) is 1. The van der Waals surface area contributed by atoms with Gasteiger partial charge in [0.25, 0.3) is 0 Å². The SMILES string of the molecule is CC(C)[C@H]1CNC[C@H]1F. The molecular weight excluding hydrogens is 117 g/mol. The lowest BCUT2D eigenvalue weighted by atomic mass is 9.94. The second-order valence-electron chi connectivity index (χ2n) is 3.08. The smallest absolute Gasteiger partial charge is 0.117 e. The van der Waals surface area contributed by atoms with E-state index in [0.29, 0.717) is 12.5 Å². The minimum Gasteiger partial charge on any atom is -0.313 e. The summed E-state index contributed by atoms with van der Waals surface area (Å²) in [6.07, 6.45) is -0.606. The molecule has 1 nitrogen and oxygen atoms in total. The fourth-order valence-electron chi connectivity index (χ4n) is 1.32. The fraction of sp³-hybridized carbons (Fsp3) is 1.00. The van der Waals surface area contributed by atoms with Crippen molar-refractivity contribution in [3.05, 3.63) is 0 Å². The van der Waals surface area contributed by atoms with Crippen molar-refractivity contribution in [1.82, 2.24) is 5.32 Å². The van der Waals surface area contributed by atoms with Gasteiger partial charge in [0.2, 0.25) is 0 Å². The minimum absolute atomic E-state index is 0.255. The summed E-state index contributed by atoms with van der Waals surface area (Å²) in [6, 6.07) is 0. The van der Waals surface area contributed by atoms with Gasteiger partial charge in [0.05, 0.1) is 0 Å². The maximum atomic E-state index is 12.8. The molecule has 1 saturated heterocycles. The van der Waals surface area contributed by atoms with Crippen molar-refractivity contribution in [3.63, 3.8) is 0 Å². The first kappa shape index (κ1) is 7.00. The summed E-state index contributed by atoms with van der Waals surface area (Å²) < 4.78 is 12.8. The van der Waals surface area contributed by atoms with E-state index in [1.54, 1.807) is 0 Å². The van der Waals surface area contributed by atoms with E-state index in [2.05, 4.69) is 19.2 Å². The molecule has 0 amide bonds. The zero-order valence-corrected chi connectivity index (χ0v) is 6.02. The Morgan fingerprint density at radius 1 is 1.44 bits per heavy atom. The first-order valence-electron chi connectivity index (χ1n) is 3.56. The molecule has 0 aromatic rings. The molecule has 1 fully saturated rings. The zero-order chi connectivity index (χ0) is 6.85. The van der Waals surface area contributed by atoms with Crippen molar-refractivity contribution in [1.29, 1.82) is 0 Å². The minimum atomic E-state index is -0.606. The molecule has 1 heterocycles. The Labute approximate surface area is 55.6 Å². The second kappa shape index (κ2) is 2.65. The van der Waals surface area contributed by atoms with Crippen molar-refractivity contribution >= 4 is 0 Å². The van der Waals surface area contributed by atoms with Gasteiger partial charge in [-0.1, -0.05) is 13.8 Å². The van der Waals surface area contributed by atoms with Gasteiger partial charge >= 0.3 is 0 Å². The molecule has 1 N–H and O–H groups in total. The average Bonchev–Trinajstić information content (AvgIpc) is 2.13. The van der Waals surface area contributed by atoms with Crippen LogP contribution in [-0.2, 0) is 0 Å². The summed E-state index contributed by atoms with van der Waals surface area (Å²) in [5, 5.41) is 3.03. The molecule has 2 atom stereocenters. The van der Waals surface area contributed by atoms with Crippen LogP contribution in [0.2, 0.25) is 0 Å². The van der Waals surface area contributed by atoms with Crippen LogP contribution in [0.5, 0.6) is 0 Å². The van der Waals surface area contributed by atoms with E-state index in [1.807, 2.05) is 0 Å². The molecule has 0 saturated carbocycles. The Morgan fingerprint density at radius 3 is 2.33 bits per heavy atom. The maximum absolute atomic E-state index is 12.8. The lowest BCUT2D eigenvalue weighted by Gasteiger charge is -2.14. The van der Waals surface area contributed by atoms with Crippen molar-refractivity contribution in [3.8, 4) is 0 Å². The number of rotatable bonds is 1. The summed E-state index contributed by atoms with van der Waals surface area (Å²) >= 11 is 0. The van der Waals surface area contributed by atoms with Crippen LogP contribution in [0.1, 0.15) is 13.8 Å². The van der Waals surface area contributed by atoms with Crippen LogP contribution < -0.4 is 5.32 Å². The third-order valence-electron chi connectivity index (χ3n) is 2.04. The Balaban J connectivity index is 2.40. The van der Waals surface area contributed by atoms with Crippen LogP contribution in [0.25, 0.3) is 0 Å². The summed E-state index contributed by atoms with van der Waals surface area (Å²) in [5.74, 6) is 0.736. The Bertz CT molecular complexity index is 92.9. The molecule has 0 bridgehead atoms. The van der Waals surface area contributed by atoms with Crippen molar-refractivity contribution in [2.24, 2.45) is 11.8 Å². The normalized spacial score (nSPS) is 36.0. The van der Waals surface area contributed by atoms with Crippen LogP contribution in [-0.4, -0.2) is 19.3 Å². The van der Waals surface area contributed by atoms with Gasteiger partial charge in [-0.15, -0.1) is 0 Å². The summed E-state index contributed by atoms with van der Waals surface area (Å²) in [5.41, 5.74) is 0. The van der Waals surface area contributed by atoms with Gasteiger partial charge in [-0.2, -0.15) is 0 Å². The highest BCUT2D eigenvalue weighted by Crippen LogP contribution is 2.20. The van der Waals surface area contributed by atoms with Gasteiger partial charge in [-0.3, -0.25) is 0 Å². The van der Waals surface area contributed by atoms with Crippen LogP contribution in [0.3, 0.4) is 0 Å². The van der Waals surface area contributed by atoms with Crippen molar-refractivity contribution in [2.45, 2.75) is 20.0 Å². The van der Waals surface area contributed by atoms with Gasteiger partial charge in [0, 0.05) is 19.0 Å². The van der Waals surface area contributed by atoms with Crippen LogP contribution in [0.4, 0.5) is 4.39 Å². The van der Waals surface area contributed by atoms with Gasteiger partial charge in [0.1, 0.15) is 6.17 Å². The molecule has 0 aromatic heterocycles. The summed E-state index contributed by atoms with van der Waals surface area (Å²) in [7, 11) is 0. The fourth-order valence-corrected chi connectivity index (χ4v) is 1.32. The third kappa shape index (κ3) is 1.42. The molecular formula is C7H14FN. The lowest BCUT2D eigenvalue weighted by molar-refractivity contribution is 0.234. The molecule has 0 aromatic carbocycles. The molecule has 9 heavy (non-hydrogen) atoms. The molecule has 0 aliphatic carbocycles. The number of alkyl halides is 1. The van der Waals surface area contributed by atoms with E-state index in [4.69, 9.17) is 0 Å². The van der Waals surface area contributed by atoms with Crippen molar-refractivity contribution < 1.29 is 4.39 Å². The van der Waals surface area contributed by atoms with Gasteiger partial charge in [0.15, 0.2) is 0 Å². The largest absolute Gasteiger partial charge is 0.313 e. The van der Waals surface area contributed by atoms with E-state index in [0.717, 1.165) is 6.54 Å². The standard InChI is InChI=1S/C7H14FN/c1-5(2)6-3-9-4-7(6)8/h5-7,9H,3-4H2,1-2H3/t6-,7-/m1/s1. The van der Waals surface area contributed by atoms with Crippen molar-refractivity contribution in [2.75, 3.05) is 13.1 Å². The third-order valence-corrected chi connectivity index (χ3v) is 2.04. The molecule has 2 heteroatoms. The molecule has 0 unspecified atom stereocenters. The predicted molar refractivity (Wildman–Crippen MR) is 36.1 cm³/mol. The number of halogens is 1. The Morgan fingerprint density at radius 2 is 2.11 bits per heavy atom. The first-order chi connectivity index (χ1) is 4.22. The highest BCUT2D eigenvalue weighted by atomic mass is 19.1. The molecule has 1 aliphatic rings. The van der Waals surface area contributed by atoms with E-state index >= 15 is 0 Å². The Hall–Kier alpha value is -0.110.